The van der Waals surface area contributed by atoms with E-state index in [0.29, 0.717) is 12.2 Å². The lowest BCUT2D eigenvalue weighted by Crippen LogP contribution is -2.28. The molecule has 0 spiro atoms. The maximum atomic E-state index is 12.4. The van der Waals surface area contributed by atoms with E-state index in [1.165, 1.54) is 12.1 Å². The van der Waals surface area contributed by atoms with Crippen LogP contribution < -0.4 is 4.18 Å². The van der Waals surface area contributed by atoms with Gasteiger partial charge in [-0.1, -0.05) is 19.9 Å². The molecule has 1 aliphatic rings. The van der Waals surface area contributed by atoms with Crippen LogP contribution in [-0.4, -0.2) is 19.5 Å². The number of hydrogen-bond acceptors (Lipinski definition) is 4. The van der Waals surface area contributed by atoms with Gasteiger partial charge in [0, 0.05) is 0 Å². The van der Waals surface area contributed by atoms with Crippen LogP contribution >= 0.6 is 0 Å². The van der Waals surface area contributed by atoms with Crippen LogP contribution in [0, 0.1) is 0 Å². The topological polar surface area (TPSA) is 52.6 Å². The second kappa shape index (κ2) is 5.98. The first kappa shape index (κ1) is 18.1. The molecule has 1 aromatic rings. The maximum Gasteiger partial charge on any atom is 0.534 e. The van der Waals surface area contributed by atoms with Crippen LogP contribution in [0.15, 0.2) is 18.2 Å². The Bertz CT molecular complexity index is 676. The molecule has 0 aliphatic heterocycles. The van der Waals surface area contributed by atoms with E-state index in [0.717, 1.165) is 18.4 Å². The van der Waals surface area contributed by atoms with E-state index < -0.39 is 15.6 Å². The molecule has 0 radical (unpaired) electrons. The lowest BCUT2D eigenvalue weighted by atomic mass is 9.97. The Balaban J connectivity index is 2.22. The maximum absolute atomic E-state index is 12.4. The Labute approximate surface area is 133 Å². The average molecular weight is 352 g/mol. The van der Waals surface area contributed by atoms with Crippen molar-refractivity contribution in [3.8, 4) is 5.75 Å². The third-order valence-electron chi connectivity index (χ3n) is 3.76. The molecule has 2 rings (SSSR count). The number of alkyl halides is 3. The van der Waals surface area contributed by atoms with Crippen molar-refractivity contribution in [2.75, 3.05) is 0 Å². The van der Waals surface area contributed by atoms with Gasteiger partial charge in [0.1, 0.15) is 5.75 Å². The fraction of sp³-hybridized carbons (Fsp3) is 0.600. The first-order valence-electron chi connectivity index (χ1n) is 7.21. The summed E-state index contributed by atoms with van der Waals surface area (Å²) in [4.78, 5) is 0. The van der Waals surface area contributed by atoms with Crippen LogP contribution in [0.4, 0.5) is 13.2 Å². The molecule has 1 aliphatic carbocycles. The van der Waals surface area contributed by atoms with E-state index in [-0.39, 0.29) is 17.3 Å². The fourth-order valence-electron chi connectivity index (χ4n) is 2.04. The summed E-state index contributed by atoms with van der Waals surface area (Å²) in [6.07, 6.45) is 1.96. The first-order valence-corrected chi connectivity index (χ1v) is 8.62. The highest BCUT2D eigenvalue weighted by atomic mass is 32.2. The number of benzene rings is 1. The van der Waals surface area contributed by atoms with Crippen molar-refractivity contribution < 1.29 is 30.5 Å². The fourth-order valence-corrected chi connectivity index (χ4v) is 2.49. The quantitative estimate of drug-likeness (QED) is 0.571. The molecule has 0 saturated heterocycles. The van der Waals surface area contributed by atoms with Crippen molar-refractivity contribution in [1.29, 1.82) is 0 Å². The van der Waals surface area contributed by atoms with Gasteiger partial charge in [-0.05, 0) is 48.9 Å². The summed E-state index contributed by atoms with van der Waals surface area (Å²) < 4.78 is 69.3. The van der Waals surface area contributed by atoms with Gasteiger partial charge in [0.25, 0.3) is 0 Å². The summed E-state index contributed by atoms with van der Waals surface area (Å²) in [6.45, 7) is 6.05. The third kappa shape index (κ3) is 4.38. The largest absolute Gasteiger partial charge is 0.534 e. The van der Waals surface area contributed by atoms with Gasteiger partial charge in [0.2, 0.25) is 0 Å². The number of ether oxygens (including phenoxy) is 1. The van der Waals surface area contributed by atoms with Crippen LogP contribution in [0.25, 0.3) is 0 Å². The van der Waals surface area contributed by atoms with Crippen LogP contribution in [0.2, 0.25) is 0 Å². The molecule has 0 atom stereocenters. The van der Waals surface area contributed by atoms with Crippen molar-refractivity contribution in [3.63, 3.8) is 0 Å². The van der Waals surface area contributed by atoms with Crippen molar-refractivity contribution in [3.05, 3.63) is 29.3 Å². The minimum Gasteiger partial charge on any atom is -0.376 e. The highest BCUT2D eigenvalue weighted by Gasteiger charge is 2.48. The summed E-state index contributed by atoms with van der Waals surface area (Å²) in [7, 11) is -5.66. The van der Waals surface area contributed by atoms with Gasteiger partial charge < -0.3 is 8.92 Å². The van der Waals surface area contributed by atoms with Crippen molar-refractivity contribution >= 4 is 10.1 Å². The molecular formula is C15H19F3O4S. The second-order valence-electron chi connectivity index (χ2n) is 6.24. The molecule has 1 aromatic carbocycles. The number of rotatable bonds is 6. The van der Waals surface area contributed by atoms with Gasteiger partial charge in [-0.15, -0.1) is 0 Å². The molecule has 8 heteroatoms. The Hall–Kier alpha value is -1.28. The van der Waals surface area contributed by atoms with E-state index in [1.807, 2.05) is 20.8 Å². The molecule has 0 bridgehead atoms. The van der Waals surface area contributed by atoms with E-state index in [9.17, 15) is 21.6 Å². The van der Waals surface area contributed by atoms with E-state index in [2.05, 4.69) is 4.18 Å². The van der Waals surface area contributed by atoms with Gasteiger partial charge in [-0.3, -0.25) is 0 Å². The molecule has 23 heavy (non-hydrogen) atoms. The SMILES string of the molecule is CC(C)c1cc(OS(=O)(=O)C(F)(F)F)ccc1COC1(C)CC1. The molecule has 1 fully saturated rings. The Kier molecular flexibility index (Phi) is 4.69. The molecule has 130 valence electrons. The minimum absolute atomic E-state index is 0.0160. The Morgan fingerprint density at radius 1 is 1.26 bits per heavy atom. The Morgan fingerprint density at radius 2 is 1.87 bits per heavy atom. The number of halogens is 3. The van der Waals surface area contributed by atoms with Gasteiger partial charge in [0.15, 0.2) is 0 Å². The summed E-state index contributed by atoms with van der Waals surface area (Å²) in [5, 5.41) is 0. The van der Waals surface area contributed by atoms with Crippen molar-refractivity contribution in [1.82, 2.24) is 0 Å². The first-order chi connectivity index (χ1) is 10.4. The molecule has 0 heterocycles. The van der Waals surface area contributed by atoms with Gasteiger partial charge in [-0.25, -0.2) is 0 Å². The van der Waals surface area contributed by atoms with Crippen LogP contribution in [-0.2, 0) is 21.5 Å². The zero-order valence-corrected chi connectivity index (χ0v) is 13.9. The van der Waals surface area contributed by atoms with Crippen LogP contribution in [0.1, 0.15) is 50.7 Å². The van der Waals surface area contributed by atoms with E-state index >= 15 is 0 Å². The molecule has 0 aromatic heterocycles. The van der Waals surface area contributed by atoms with Gasteiger partial charge in [-0.2, -0.15) is 21.6 Å². The third-order valence-corrected chi connectivity index (χ3v) is 4.74. The minimum atomic E-state index is -5.66. The zero-order chi connectivity index (χ0) is 17.5. The van der Waals surface area contributed by atoms with E-state index in [4.69, 9.17) is 4.74 Å². The average Bonchev–Trinajstić information content (AvgIpc) is 3.14. The zero-order valence-electron chi connectivity index (χ0n) is 13.1. The molecule has 0 N–H and O–H groups in total. The summed E-state index contributed by atoms with van der Waals surface area (Å²) >= 11 is 0. The van der Waals surface area contributed by atoms with Crippen molar-refractivity contribution in [2.24, 2.45) is 0 Å². The summed E-state index contributed by atoms with van der Waals surface area (Å²) in [5.74, 6) is -0.370. The van der Waals surface area contributed by atoms with Gasteiger partial charge in [0.05, 0.1) is 12.2 Å². The predicted octanol–water partition coefficient (Wildman–Crippen LogP) is 4.11. The molecule has 4 nitrogen and oxygen atoms in total. The lowest BCUT2D eigenvalue weighted by molar-refractivity contribution is -0.0500. The molecule has 0 unspecified atom stereocenters. The monoisotopic (exact) mass is 352 g/mol. The summed E-state index contributed by atoms with van der Waals surface area (Å²) in [6, 6.07) is 4.08. The molecule has 0 amide bonds. The molecular weight excluding hydrogens is 333 g/mol. The Morgan fingerprint density at radius 3 is 2.35 bits per heavy atom. The van der Waals surface area contributed by atoms with Crippen LogP contribution in [0.5, 0.6) is 5.75 Å². The van der Waals surface area contributed by atoms with Gasteiger partial charge >= 0.3 is 15.6 Å². The lowest BCUT2D eigenvalue weighted by Gasteiger charge is -2.17. The molecule has 1 saturated carbocycles. The number of hydrogen-bond donors (Lipinski definition) is 0. The summed E-state index contributed by atoms with van der Waals surface area (Å²) in [5.41, 5.74) is -4.06. The smallest absolute Gasteiger partial charge is 0.376 e. The second-order valence-corrected chi connectivity index (χ2v) is 7.77. The predicted molar refractivity (Wildman–Crippen MR) is 78.6 cm³/mol. The van der Waals surface area contributed by atoms with E-state index in [1.54, 1.807) is 6.07 Å². The normalized spacial score (nSPS) is 17.3. The van der Waals surface area contributed by atoms with Crippen molar-refractivity contribution in [2.45, 2.75) is 57.2 Å². The standard InChI is InChI=1S/C15H19F3O4S/c1-10(2)13-8-12(22-23(19,20)15(16,17)18)5-4-11(13)9-21-14(3)6-7-14/h4-5,8,10H,6-7,9H2,1-3H3. The highest BCUT2D eigenvalue weighted by Crippen LogP contribution is 2.40. The van der Waals surface area contributed by atoms with Crippen LogP contribution in [0.3, 0.4) is 0 Å². The highest BCUT2D eigenvalue weighted by molar-refractivity contribution is 7.88.